The highest BCUT2D eigenvalue weighted by Crippen LogP contribution is 2.28. The highest BCUT2D eigenvalue weighted by molar-refractivity contribution is 6.32. The number of aromatic nitrogens is 2. The molecular formula is C22H25ClN4O2. The quantitative estimate of drug-likeness (QED) is 0.652. The number of nitrogens with one attached hydrogen (secondary N) is 2. The van der Waals surface area contributed by atoms with Crippen molar-refractivity contribution in [2.45, 2.75) is 26.3 Å². The minimum atomic E-state index is 0.00505. The number of aryl methyl sites for hydroxylation is 1. The Bertz CT molecular complexity index is 1020. The number of carbonyl (C=O) groups is 1. The number of anilines is 1. The van der Waals surface area contributed by atoms with Crippen LogP contribution in [-0.2, 0) is 11.3 Å². The molecule has 1 saturated heterocycles. The van der Waals surface area contributed by atoms with Gasteiger partial charge in [0.25, 0.3) is 0 Å². The molecule has 0 unspecified atom stereocenters. The van der Waals surface area contributed by atoms with E-state index in [2.05, 4.69) is 39.2 Å². The molecule has 0 atom stereocenters. The molecule has 0 aliphatic carbocycles. The van der Waals surface area contributed by atoms with Gasteiger partial charge in [0, 0.05) is 11.6 Å². The Morgan fingerprint density at radius 1 is 1.28 bits per heavy atom. The Morgan fingerprint density at radius 2 is 2.07 bits per heavy atom. The number of ether oxygens (including phenoxy) is 1. The second kappa shape index (κ2) is 8.43. The predicted molar refractivity (Wildman–Crippen MR) is 115 cm³/mol. The molecule has 3 aromatic rings. The van der Waals surface area contributed by atoms with E-state index >= 15 is 0 Å². The number of likely N-dealkylation sites (tertiary alicyclic amines) is 1. The van der Waals surface area contributed by atoms with E-state index in [9.17, 15) is 4.79 Å². The lowest BCUT2D eigenvalue weighted by Gasteiger charge is -2.30. The molecule has 2 aromatic carbocycles. The van der Waals surface area contributed by atoms with Gasteiger partial charge in [-0.05, 0) is 68.8 Å². The van der Waals surface area contributed by atoms with Gasteiger partial charge in [0.1, 0.15) is 11.6 Å². The smallest absolute Gasteiger partial charge is 0.227 e. The molecule has 0 spiro atoms. The minimum Gasteiger partial charge on any atom is -0.495 e. The molecule has 6 nitrogen and oxygen atoms in total. The summed E-state index contributed by atoms with van der Waals surface area (Å²) < 4.78 is 5.15. The molecule has 7 heteroatoms. The lowest BCUT2D eigenvalue weighted by Crippen LogP contribution is -2.38. The van der Waals surface area contributed by atoms with Gasteiger partial charge in [0.15, 0.2) is 0 Å². The first-order valence-electron chi connectivity index (χ1n) is 9.84. The van der Waals surface area contributed by atoms with Gasteiger partial charge in [0.05, 0.1) is 29.7 Å². The molecule has 1 aromatic heterocycles. The largest absolute Gasteiger partial charge is 0.495 e. The first-order valence-corrected chi connectivity index (χ1v) is 10.2. The average Bonchev–Trinajstić information content (AvgIpc) is 3.10. The van der Waals surface area contributed by atoms with Crippen LogP contribution in [0, 0.1) is 12.8 Å². The van der Waals surface area contributed by atoms with E-state index in [0.29, 0.717) is 16.5 Å². The van der Waals surface area contributed by atoms with Crippen LogP contribution in [0.4, 0.5) is 5.69 Å². The molecule has 29 heavy (non-hydrogen) atoms. The normalized spacial score (nSPS) is 15.6. The van der Waals surface area contributed by atoms with Crippen molar-refractivity contribution in [3.05, 3.63) is 52.8 Å². The number of benzene rings is 2. The summed E-state index contributed by atoms with van der Waals surface area (Å²) in [5.74, 6) is 1.62. The van der Waals surface area contributed by atoms with Crippen molar-refractivity contribution in [1.29, 1.82) is 0 Å². The van der Waals surface area contributed by atoms with E-state index in [1.807, 2.05) is 6.07 Å². The maximum Gasteiger partial charge on any atom is 0.227 e. The van der Waals surface area contributed by atoms with Gasteiger partial charge in [-0.15, -0.1) is 0 Å². The van der Waals surface area contributed by atoms with Crippen LogP contribution >= 0.6 is 11.6 Å². The van der Waals surface area contributed by atoms with Crippen LogP contribution in [-0.4, -0.2) is 41.0 Å². The molecule has 1 aliphatic heterocycles. The predicted octanol–water partition coefficient (Wildman–Crippen LogP) is 4.38. The van der Waals surface area contributed by atoms with Gasteiger partial charge in [-0.3, -0.25) is 9.69 Å². The summed E-state index contributed by atoms with van der Waals surface area (Å²) in [6.45, 7) is 4.60. The molecule has 0 saturated carbocycles. The molecule has 0 radical (unpaired) electrons. The van der Waals surface area contributed by atoms with Crippen molar-refractivity contribution in [2.75, 3.05) is 25.5 Å². The van der Waals surface area contributed by atoms with Crippen LogP contribution in [0.15, 0.2) is 36.4 Å². The lowest BCUT2D eigenvalue weighted by molar-refractivity contribution is -0.121. The van der Waals surface area contributed by atoms with Gasteiger partial charge in [-0.1, -0.05) is 17.7 Å². The maximum absolute atomic E-state index is 12.6. The first-order chi connectivity index (χ1) is 14.0. The number of halogens is 1. The molecule has 0 bridgehead atoms. The Morgan fingerprint density at radius 3 is 2.79 bits per heavy atom. The standard InChI is InChI=1S/C22H25ClN4O2/c1-14-3-5-18-19(11-14)26-21(25-18)13-27-9-7-15(8-10-27)22(28)24-16-4-6-20(29-2)17(23)12-16/h3-6,11-12,15H,7-10,13H2,1-2H3,(H,24,28)(H,25,26). The second-order valence-corrected chi connectivity index (χ2v) is 8.00. The third kappa shape index (κ3) is 4.54. The zero-order valence-electron chi connectivity index (χ0n) is 16.7. The molecule has 152 valence electrons. The maximum atomic E-state index is 12.6. The van der Waals surface area contributed by atoms with Gasteiger partial charge < -0.3 is 15.0 Å². The van der Waals surface area contributed by atoms with Crippen LogP contribution in [0.25, 0.3) is 11.0 Å². The average molecular weight is 413 g/mol. The number of H-pyrrole nitrogens is 1. The molecule has 1 amide bonds. The highest BCUT2D eigenvalue weighted by atomic mass is 35.5. The fourth-order valence-electron chi connectivity index (χ4n) is 3.80. The van der Waals surface area contributed by atoms with Crippen molar-refractivity contribution in [2.24, 2.45) is 5.92 Å². The number of carbonyl (C=O) groups excluding carboxylic acids is 1. The first kappa shape index (κ1) is 19.7. The fourth-order valence-corrected chi connectivity index (χ4v) is 4.06. The van der Waals surface area contributed by atoms with Gasteiger partial charge in [0.2, 0.25) is 5.91 Å². The Balaban J connectivity index is 1.31. The third-order valence-electron chi connectivity index (χ3n) is 5.44. The van der Waals surface area contributed by atoms with Gasteiger partial charge >= 0.3 is 0 Å². The van der Waals surface area contributed by atoms with Crippen molar-refractivity contribution in [3.63, 3.8) is 0 Å². The molecule has 2 heterocycles. The van der Waals surface area contributed by atoms with Crippen LogP contribution in [0.5, 0.6) is 5.75 Å². The third-order valence-corrected chi connectivity index (χ3v) is 5.73. The number of amides is 1. The number of rotatable bonds is 5. The molecule has 1 aliphatic rings. The monoisotopic (exact) mass is 412 g/mol. The number of imidazole rings is 1. The van der Waals surface area contributed by atoms with E-state index in [1.165, 1.54) is 5.56 Å². The molecule has 2 N–H and O–H groups in total. The minimum absolute atomic E-state index is 0.00505. The van der Waals surface area contributed by atoms with Gasteiger partial charge in [-0.25, -0.2) is 4.98 Å². The van der Waals surface area contributed by atoms with E-state index in [4.69, 9.17) is 16.3 Å². The SMILES string of the molecule is COc1ccc(NC(=O)C2CCN(Cc3nc4ccc(C)cc4[nH]3)CC2)cc1Cl. The Kier molecular flexibility index (Phi) is 5.74. The van der Waals surface area contributed by atoms with Crippen LogP contribution < -0.4 is 10.1 Å². The zero-order valence-corrected chi connectivity index (χ0v) is 17.4. The van der Waals surface area contributed by atoms with Crippen LogP contribution in [0.1, 0.15) is 24.2 Å². The zero-order chi connectivity index (χ0) is 20.4. The number of hydrogen-bond acceptors (Lipinski definition) is 4. The molecule has 1 fully saturated rings. The second-order valence-electron chi connectivity index (χ2n) is 7.59. The van der Waals surface area contributed by atoms with E-state index in [-0.39, 0.29) is 11.8 Å². The summed E-state index contributed by atoms with van der Waals surface area (Å²) in [5, 5.41) is 3.46. The summed E-state index contributed by atoms with van der Waals surface area (Å²) in [6.07, 6.45) is 1.66. The van der Waals surface area contributed by atoms with E-state index in [0.717, 1.165) is 49.3 Å². The van der Waals surface area contributed by atoms with Crippen molar-refractivity contribution in [3.8, 4) is 5.75 Å². The van der Waals surface area contributed by atoms with E-state index < -0.39 is 0 Å². The molecule has 4 rings (SSSR count). The summed E-state index contributed by atoms with van der Waals surface area (Å²) in [6, 6.07) is 11.5. The van der Waals surface area contributed by atoms with E-state index in [1.54, 1.807) is 25.3 Å². The van der Waals surface area contributed by atoms with Crippen molar-refractivity contribution < 1.29 is 9.53 Å². The van der Waals surface area contributed by atoms with Crippen molar-refractivity contribution in [1.82, 2.24) is 14.9 Å². The fraction of sp³-hybridized carbons (Fsp3) is 0.364. The Labute approximate surface area is 175 Å². The summed E-state index contributed by atoms with van der Waals surface area (Å²) in [5.41, 5.74) is 3.99. The summed E-state index contributed by atoms with van der Waals surface area (Å²) >= 11 is 6.14. The number of aromatic amines is 1. The summed E-state index contributed by atoms with van der Waals surface area (Å²) in [4.78, 5) is 23.1. The highest BCUT2D eigenvalue weighted by Gasteiger charge is 2.25. The molecular weight excluding hydrogens is 388 g/mol. The number of hydrogen-bond donors (Lipinski definition) is 2. The number of piperidine rings is 1. The lowest BCUT2D eigenvalue weighted by atomic mass is 9.96. The number of fused-ring (bicyclic) bond motifs is 1. The van der Waals surface area contributed by atoms with Crippen LogP contribution in [0.3, 0.4) is 0 Å². The van der Waals surface area contributed by atoms with Crippen molar-refractivity contribution >= 4 is 34.2 Å². The van der Waals surface area contributed by atoms with Crippen LogP contribution in [0.2, 0.25) is 5.02 Å². The number of methoxy groups -OCH3 is 1. The topological polar surface area (TPSA) is 70.2 Å². The Hall–Kier alpha value is -2.57. The summed E-state index contributed by atoms with van der Waals surface area (Å²) in [7, 11) is 1.57. The van der Waals surface area contributed by atoms with Gasteiger partial charge in [-0.2, -0.15) is 0 Å². The number of nitrogens with zero attached hydrogens (tertiary/aromatic N) is 2.